The topological polar surface area (TPSA) is 46.2 Å². The van der Waals surface area contributed by atoms with Gasteiger partial charge in [-0.25, -0.2) is 0 Å². The summed E-state index contributed by atoms with van der Waals surface area (Å²) in [6.45, 7) is 15.0. The Morgan fingerprint density at radius 2 is 0.964 bits per heavy atom. The molecule has 0 atom stereocenters. The SMILES string of the molecule is CCCC[N+](CCCC)(CCCC)CCCC.O=C1NC(=O)c2ccccc21. The zero-order chi connectivity index (χ0) is 20.8. The molecule has 158 valence electrons. The Kier molecular flexibility index (Phi) is 11.7. The Balaban J connectivity index is 0.000000302. The van der Waals surface area contributed by atoms with Gasteiger partial charge in [-0.2, -0.15) is 0 Å². The molecular formula is C24H41N2O2+. The van der Waals surface area contributed by atoms with E-state index >= 15 is 0 Å². The van der Waals surface area contributed by atoms with Crippen molar-refractivity contribution in [3.8, 4) is 0 Å². The van der Waals surface area contributed by atoms with Gasteiger partial charge in [-0.1, -0.05) is 65.5 Å². The van der Waals surface area contributed by atoms with Crippen LogP contribution in [0.15, 0.2) is 24.3 Å². The highest BCUT2D eigenvalue weighted by atomic mass is 16.2. The van der Waals surface area contributed by atoms with Crippen LogP contribution in [0.2, 0.25) is 0 Å². The molecule has 1 heterocycles. The zero-order valence-corrected chi connectivity index (χ0v) is 18.6. The molecule has 0 saturated heterocycles. The lowest BCUT2D eigenvalue weighted by Gasteiger charge is -2.39. The van der Waals surface area contributed by atoms with Crippen molar-refractivity contribution in [3.05, 3.63) is 35.4 Å². The summed E-state index contributed by atoms with van der Waals surface area (Å²) in [6, 6.07) is 6.74. The number of hydrogen-bond acceptors (Lipinski definition) is 2. The van der Waals surface area contributed by atoms with Crippen LogP contribution < -0.4 is 5.32 Å². The van der Waals surface area contributed by atoms with Crippen LogP contribution in [-0.4, -0.2) is 42.5 Å². The number of carbonyl (C=O) groups excluding carboxylic acids is 2. The van der Waals surface area contributed by atoms with E-state index in [2.05, 4.69) is 33.0 Å². The average Bonchev–Trinajstić information content (AvgIpc) is 3.01. The lowest BCUT2D eigenvalue weighted by Crippen LogP contribution is -2.50. The monoisotopic (exact) mass is 389 g/mol. The van der Waals surface area contributed by atoms with Gasteiger partial charge in [-0.05, 0) is 37.8 Å². The third-order valence-corrected chi connectivity index (χ3v) is 5.59. The number of fused-ring (bicyclic) bond motifs is 1. The van der Waals surface area contributed by atoms with E-state index < -0.39 is 0 Å². The molecule has 0 saturated carbocycles. The lowest BCUT2D eigenvalue weighted by molar-refractivity contribution is -0.929. The van der Waals surface area contributed by atoms with Crippen LogP contribution in [0, 0.1) is 0 Å². The van der Waals surface area contributed by atoms with Gasteiger partial charge in [0.1, 0.15) is 0 Å². The largest absolute Gasteiger partial charge is 0.324 e. The van der Waals surface area contributed by atoms with E-state index in [0.717, 1.165) is 0 Å². The molecule has 2 rings (SSSR count). The van der Waals surface area contributed by atoms with Gasteiger partial charge in [0.25, 0.3) is 11.8 Å². The molecule has 1 aromatic carbocycles. The number of carbonyl (C=O) groups is 2. The molecule has 1 aromatic rings. The van der Waals surface area contributed by atoms with Crippen LogP contribution in [0.4, 0.5) is 0 Å². The summed E-state index contributed by atoms with van der Waals surface area (Å²) in [6.07, 6.45) is 11.1. The first-order valence-electron chi connectivity index (χ1n) is 11.3. The van der Waals surface area contributed by atoms with Gasteiger partial charge in [0.05, 0.1) is 37.3 Å². The minimum Gasteiger partial charge on any atom is -0.324 e. The fourth-order valence-electron chi connectivity index (χ4n) is 3.76. The Hall–Kier alpha value is -1.68. The first kappa shape index (κ1) is 24.4. The standard InChI is InChI=1S/C16H36N.C8H5NO2/c1-5-9-13-17(14-10-6-2,15-11-7-3)16-12-8-4;10-7-5-3-1-2-4-6(5)8(11)9-7/h5-16H2,1-4H3;1-4H,(H,9,10,11)/q+1;. The maximum Gasteiger partial charge on any atom is 0.258 e. The van der Waals surface area contributed by atoms with Crippen molar-refractivity contribution in [1.82, 2.24) is 5.32 Å². The normalized spacial score (nSPS) is 13.0. The summed E-state index contributed by atoms with van der Waals surface area (Å²) in [4.78, 5) is 21.9. The highest BCUT2D eigenvalue weighted by Crippen LogP contribution is 2.16. The second-order valence-corrected chi connectivity index (χ2v) is 7.98. The minimum absolute atomic E-state index is 0.300. The lowest BCUT2D eigenvalue weighted by atomic mass is 10.1. The first-order valence-corrected chi connectivity index (χ1v) is 11.3. The second kappa shape index (κ2) is 13.5. The van der Waals surface area contributed by atoms with Crippen LogP contribution in [0.5, 0.6) is 0 Å². The quantitative estimate of drug-likeness (QED) is 0.375. The Morgan fingerprint density at radius 3 is 1.25 bits per heavy atom. The predicted octanol–water partition coefficient (Wildman–Crippen LogP) is 5.57. The molecule has 1 aliphatic heterocycles. The zero-order valence-electron chi connectivity index (χ0n) is 18.6. The third kappa shape index (κ3) is 7.75. The molecule has 0 bridgehead atoms. The fourth-order valence-corrected chi connectivity index (χ4v) is 3.76. The Morgan fingerprint density at radius 1 is 0.643 bits per heavy atom. The molecule has 2 amide bonds. The van der Waals surface area contributed by atoms with E-state index in [-0.39, 0.29) is 11.8 Å². The maximum absolute atomic E-state index is 10.9. The molecule has 0 fully saturated rings. The number of quaternary nitrogens is 1. The van der Waals surface area contributed by atoms with Crippen LogP contribution >= 0.6 is 0 Å². The predicted molar refractivity (Wildman–Crippen MR) is 118 cm³/mol. The summed E-state index contributed by atoms with van der Waals surface area (Å²) < 4.78 is 1.42. The van der Waals surface area contributed by atoms with Crippen LogP contribution in [0.25, 0.3) is 0 Å². The third-order valence-electron chi connectivity index (χ3n) is 5.59. The van der Waals surface area contributed by atoms with E-state index in [0.29, 0.717) is 11.1 Å². The number of nitrogens with one attached hydrogen (secondary N) is 1. The molecule has 4 nitrogen and oxygen atoms in total. The van der Waals surface area contributed by atoms with Crippen molar-refractivity contribution in [1.29, 1.82) is 0 Å². The van der Waals surface area contributed by atoms with Gasteiger partial charge >= 0.3 is 0 Å². The van der Waals surface area contributed by atoms with Gasteiger partial charge in [0, 0.05) is 0 Å². The van der Waals surface area contributed by atoms with E-state index in [1.807, 2.05) is 0 Å². The van der Waals surface area contributed by atoms with Crippen molar-refractivity contribution < 1.29 is 14.1 Å². The molecule has 28 heavy (non-hydrogen) atoms. The number of imide groups is 1. The molecular weight excluding hydrogens is 348 g/mol. The highest BCUT2D eigenvalue weighted by molar-refractivity contribution is 6.21. The number of amides is 2. The maximum atomic E-state index is 10.9. The fraction of sp³-hybridized carbons (Fsp3) is 0.667. The Labute approximate surface area is 172 Å². The van der Waals surface area contributed by atoms with Crippen LogP contribution in [0.1, 0.15) is 99.8 Å². The minimum atomic E-state index is -0.300. The van der Waals surface area contributed by atoms with Gasteiger partial charge in [0.15, 0.2) is 0 Å². The molecule has 0 aliphatic carbocycles. The molecule has 0 spiro atoms. The van der Waals surface area contributed by atoms with Crippen molar-refractivity contribution in [3.63, 3.8) is 0 Å². The van der Waals surface area contributed by atoms with E-state index in [1.165, 1.54) is 82.0 Å². The molecule has 4 heteroatoms. The van der Waals surface area contributed by atoms with Gasteiger partial charge in [0.2, 0.25) is 0 Å². The number of hydrogen-bond donors (Lipinski definition) is 1. The average molecular weight is 390 g/mol. The van der Waals surface area contributed by atoms with Crippen LogP contribution in [0.3, 0.4) is 0 Å². The Bertz CT molecular complexity index is 528. The summed E-state index contributed by atoms with van der Waals surface area (Å²) in [7, 11) is 0. The van der Waals surface area contributed by atoms with E-state index in [4.69, 9.17) is 0 Å². The summed E-state index contributed by atoms with van der Waals surface area (Å²) in [5.74, 6) is -0.601. The molecule has 0 unspecified atom stereocenters. The smallest absolute Gasteiger partial charge is 0.258 e. The summed E-state index contributed by atoms with van der Waals surface area (Å²) in [5, 5.41) is 2.20. The molecule has 0 aromatic heterocycles. The van der Waals surface area contributed by atoms with Crippen molar-refractivity contribution in [2.45, 2.75) is 79.1 Å². The van der Waals surface area contributed by atoms with Crippen molar-refractivity contribution in [2.75, 3.05) is 26.2 Å². The number of rotatable bonds is 12. The van der Waals surface area contributed by atoms with Gasteiger partial charge in [-0.15, -0.1) is 0 Å². The number of unbranched alkanes of at least 4 members (excludes halogenated alkanes) is 4. The second-order valence-electron chi connectivity index (χ2n) is 7.98. The van der Waals surface area contributed by atoms with Crippen molar-refractivity contribution in [2.24, 2.45) is 0 Å². The summed E-state index contributed by atoms with van der Waals surface area (Å²) in [5.41, 5.74) is 0.940. The number of benzene rings is 1. The van der Waals surface area contributed by atoms with Crippen molar-refractivity contribution >= 4 is 11.8 Å². The molecule has 0 radical (unpaired) electrons. The molecule has 1 N–H and O–H groups in total. The van der Waals surface area contributed by atoms with Gasteiger partial charge < -0.3 is 4.48 Å². The van der Waals surface area contributed by atoms with E-state index in [1.54, 1.807) is 24.3 Å². The number of nitrogens with zero attached hydrogens (tertiary/aromatic N) is 1. The highest BCUT2D eigenvalue weighted by Gasteiger charge is 2.25. The summed E-state index contributed by atoms with van der Waals surface area (Å²) >= 11 is 0. The molecule has 1 aliphatic rings. The van der Waals surface area contributed by atoms with Gasteiger partial charge in [-0.3, -0.25) is 14.9 Å². The first-order chi connectivity index (χ1) is 13.5. The van der Waals surface area contributed by atoms with E-state index in [9.17, 15) is 9.59 Å². The van der Waals surface area contributed by atoms with Crippen LogP contribution in [-0.2, 0) is 0 Å².